The highest BCUT2D eigenvalue weighted by Crippen LogP contribution is 2.19. The van der Waals surface area contributed by atoms with Crippen molar-refractivity contribution < 1.29 is 22.7 Å². The Hall–Kier alpha value is -0.300. The Labute approximate surface area is 120 Å². The lowest BCUT2D eigenvalue weighted by molar-refractivity contribution is -0.174. The van der Waals surface area contributed by atoms with Gasteiger partial charge in [-0.1, -0.05) is 42.6 Å². The smallest absolute Gasteiger partial charge is 0.372 e. The van der Waals surface area contributed by atoms with Gasteiger partial charge in [-0.15, -0.1) is 0 Å². The van der Waals surface area contributed by atoms with E-state index >= 15 is 0 Å². The molecule has 7 heteroatoms. The summed E-state index contributed by atoms with van der Waals surface area (Å²) in [6.45, 7) is 3.10. The Kier molecular flexibility index (Phi) is 9.43. The first-order chi connectivity index (χ1) is 8.80. The van der Waals surface area contributed by atoms with Gasteiger partial charge in [-0.2, -0.15) is 13.2 Å². The van der Waals surface area contributed by atoms with Crippen molar-refractivity contribution in [2.45, 2.75) is 44.1 Å². The molecule has 19 heavy (non-hydrogen) atoms. The maximum absolute atomic E-state index is 11.8. The number of amides is 1. The fourth-order valence-electron chi connectivity index (χ4n) is 1.62. The van der Waals surface area contributed by atoms with Gasteiger partial charge < -0.3 is 10.1 Å². The number of hydrogen-bond acceptors (Lipinski definition) is 2. The highest BCUT2D eigenvalue weighted by molar-refractivity contribution is 9.09. The number of hydrogen-bond donors (Lipinski definition) is 1. The predicted octanol–water partition coefficient (Wildman–Crippen LogP) is 3.27. The molecule has 0 saturated heterocycles. The fourth-order valence-corrected chi connectivity index (χ4v) is 2.53. The monoisotopic (exact) mass is 347 g/mol. The van der Waals surface area contributed by atoms with Crippen molar-refractivity contribution >= 4 is 21.8 Å². The van der Waals surface area contributed by atoms with Gasteiger partial charge in [0.1, 0.15) is 6.61 Å². The van der Waals surface area contributed by atoms with Crippen molar-refractivity contribution in [3.05, 3.63) is 0 Å². The second-order valence-corrected chi connectivity index (χ2v) is 5.49. The third-order valence-corrected chi connectivity index (χ3v) is 3.87. The minimum absolute atomic E-state index is 0.0568. The van der Waals surface area contributed by atoms with Crippen molar-refractivity contribution in [1.29, 1.82) is 0 Å². The third-order valence-electron chi connectivity index (χ3n) is 2.79. The molecule has 0 saturated carbocycles. The van der Waals surface area contributed by atoms with Crippen LogP contribution in [0, 0.1) is 5.92 Å². The van der Waals surface area contributed by atoms with Gasteiger partial charge in [0.25, 0.3) is 0 Å². The Morgan fingerprint density at radius 1 is 1.32 bits per heavy atom. The van der Waals surface area contributed by atoms with Gasteiger partial charge in [0.05, 0.1) is 6.61 Å². The SMILES string of the molecule is CCC(CC)C(Br)CNC(=O)CCOCC(F)(F)F. The fraction of sp³-hybridized carbons (Fsp3) is 0.917. The van der Waals surface area contributed by atoms with Gasteiger partial charge in [-0.3, -0.25) is 4.79 Å². The van der Waals surface area contributed by atoms with Crippen LogP contribution in [0.2, 0.25) is 0 Å². The molecule has 0 aromatic rings. The molecule has 0 aromatic heterocycles. The van der Waals surface area contributed by atoms with Gasteiger partial charge in [0.15, 0.2) is 0 Å². The number of carbonyl (C=O) groups excluding carboxylic acids is 1. The van der Waals surface area contributed by atoms with Crippen molar-refractivity contribution in [3.8, 4) is 0 Å². The lowest BCUT2D eigenvalue weighted by atomic mass is 9.99. The Balaban J connectivity index is 3.70. The minimum Gasteiger partial charge on any atom is -0.372 e. The number of nitrogens with one attached hydrogen (secondary N) is 1. The molecule has 0 fully saturated rings. The van der Waals surface area contributed by atoms with E-state index in [4.69, 9.17) is 0 Å². The number of ether oxygens (including phenoxy) is 1. The van der Waals surface area contributed by atoms with E-state index in [2.05, 4.69) is 39.8 Å². The zero-order valence-corrected chi connectivity index (χ0v) is 12.8. The van der Waals surface area contributed by atoms with E-state index in [0.29, 0.717) is 12.5 Å². The molecule has 0 rings (SSSR count). The molecule has 1 atom stereocenters. The van der Waals surface area contributed by atoms with Crippen molar-refractivity contribution in [2.24, 2.45) is 5.92 Å². The van der Waals surface area contributed by atoms with Crippen LogP contribution in [0.15, 0.2) is 0 Å². The first-order valence-corrected chi connectivity index (χ1v) is 7.27. The summed E-state index contributed by atoms with van der Waals surface area (Å²) < 4.78 is 39.7. The first-order valence-electron chi connectivity index (χ1n) is 6.35. The summed E-state index contributed by atoms with van der Waals surface area (Å²) in [5.41, 5.74) is 0. The molecule has 1 amide bonds. The topological polar surface area (TPSA) is 38.3 Å². The van der Waals surface area contributed by atoms with E-state index in [1.54, 1.807) is 0 Å². The predicted molar refractivity (Wildman–Crippen MR) is 71.3 cm³/mol. The number of alkyl halides is 4. The van der Waals surface area contributed by atoms with Gasteiger partial charge >= 0.3 is 6.18 Å². The van der Waals surface area contributed by atoms with E-state index < -0.39 is 12.8 Å². The minimum atomic E-state index is -4.34. The van der Waals surface area contributed by atoms with E-state index in [1.165, 1.54) is 0 Å². The molecular formula is C12H21BrF3NO2. The molecular weight excluding hydrogens is 327 g/mol. The summed E-state index contributed by atoms with van der Waals surface area (Å²) in [5, 5.41) is 2.68. The lowest BCUT2D eigenvalue weighted by Crippen LogP contribution is -2.33. The van der Waals surface area contributed by atoms with Gasteiger partial charge in [-0.05, 0) is 5.92 Å². The summed E-state index contributed by atoms with van der Waals surface area (Å²) >= 11 is 3.51. The lowest BCUT2D eigenvalue weighted by Gasteiger charge is -2.19. The summed E-state index contributed by atoms with van der Waals surface area (Å²) in [7, 11) is 0. The number of rotatable bonds is 9. The normalized spacial score (nSPS) is 13.6. The Morgan fingerprint density at radius 3 is 2.37 bits per heavy atom. The van der Waals surface area contributed by atoms with E-state index in [1.807, 2.05) is 0 Å². The van der Waals surface area contributed by atoms with E-state index in [9.17, 15) is 18.0 Å². The van der Waals surface area contributed by atoms with Crippen LogP contribution < -0.4 is 5.32 Å². The summed E-state index contributed by atoms with van der Waals surface area (Å²) in [6, 6.07) is 0. The van der Waals surface area contributed by atoms with Crippen molar-refractivity contribution in [1.82, 2.24) is 5.32 Å². The maximum Gasteiger partial charge on any atom is 0.411 e. The standard InChI is InChI=1S/C12H21BrF3NO2/c1-3-9(4-2)10(13)7-17-11(18)5-6-19-8-12(14,15)16/h9-10H,3-8H2,1-2H3,(H,17,18). The molecule has 0 aliphatic carbocycles. The highest BCUT2D eigenvalue weighted by Gasteiger charge is 2.27. The van der Waals surface area contributed by atoms with Crippen LogP contribution in [0.4, 0.5) is 13.2 Å². The number of halogens is 4. The molecule has 114 valence electrons. The van der Waals surface area contributed by atoms with E-state index in [0.717, 1.165) is 12.8 Å². The van der Waals surface area contributed by atoms with Crippen LogP contribution in [0.3, 0.4) is 0 Å². The molecule has 3 nitrogen and oxygen atoms in total. The first kappa shape index (κ1) is 18.7. The second kappa shape index (κ2) is 9.58. The average Bonchev–Trinajstić information content (AvgIpc) is 2.32. The highest BCUT2D eigenvalue weighted by atomic mass is 79.9. The summed E-state index contributed by atoms with van der Waals surface area (Å²) in [6.07, 6.45) is -2.38. The second-order valence-electron chi connectivity index (χ2n) is 4.31. The zero-order valence-electron chi connectivity index (χ0n) is 11.2. The Bertz CT molecular complexity index is 258. The molecule has 0 spiro atoms. The van der Waals surface area contributed by atoms with Crippen LogP contribution in [0.1, 0.15) is 33.1 Å². The maximum atomic E-state index is 11.8. The zero-order chi connectivity index (χ0) is 14.9. The Morgan fingerprint density at radius 2 is 1.89 bits per heavy atom. The average molecular weight is 348 g/mol. The van der Waals surface area contributed by atoms with Crippen molar-refractivity contribution in [2.75, 3.05) is 19.8 Å². The molecule has 0 aliphatic heterocycles. The van der Waals surface area contributed by atoms with Gasteiger partial charge in [0.2, 0.25) is 5.91 Å². The third kappa shape index (κ3) is 10.2. The summed E-state index contributed by atoms with van der Waals surface area (Å²) in [4.78, 5) is 11.6. The molecule has 0 bridgehead atoms. The quantitative estimate of drug-likeness (QED) is 0.513. The van der Waals surface area contributed by atoms with Crippen LogP contribution in [-0.2, 0) is 9.53 Å². The van der Waals surface area contributed by atoms with Crippen LogP contribution in [0.25, 0.3) is 0 Å². The van der Waals surface area contributed by atoms with E-state index in [-0.39, 0.29) is 23.8 Å². The summed E-state index contributed by atoms with van der Waals surface area (Å²) in [5.74, 6) is 0.180. The van der Waals surface area contributed by atoms with Gasteiger partial charge in [0, 0.05) is 17.8 Å². The molecule has 0 radical (unpaired) electrons. The molecule has 0 heterocycles. The van der Waals surface area contributed by atoms with Crippen LogP contribution >= 0.6 is 15.9 Å². The van der Waals surface area contributed by atoms with Crippen molar-refractivity contribution in [3.63, 3.8) is 0 Å². The molecule has 0 aliphatic rings. The van der Waals surface area contributed by atoms with Gasteiger partial charge in [-0.25, -0.2) is 0 Å². The molecule has 1 unspecified atom stereocenters. The van der Waals surface area contributed by atoms with Crippen LogP contribution in [0.5, 0.6) is 0 Å². The van der Waals surface area contributed by atoms with Crippen LogP contribution in [-0.4, -0.2) is 36.7 Å². The largest absolute Gasteiger partial charge is 0.411 e. The molecule has 1 N–H and O–H groups in total. The number of carbonyl (C=O) groups is 1. The molecule has 0 aromatic carbocycles.